The SMILES string of the molecule is Cc1nc(-c2cn3c(n2)-c2ccc(N4CCC4[C@@H]4CCCN(C(=O)OCc5ccccc5)C4)cc2OCC3)n(C(C)C)n1.Cc1nc(-c2cn3c(n2)-c2ccc(N4CCC4[C@@H]4CCCNC4)cc2OCC3)n(C(C)C)n1. The number of nitrogens with one attached hydrogen (secondary N) is 1. The second-order valence-electron chi connectivity index (χ2n) is 22.0. The van der Waals surface area contributed by atoms with Gasteiger partial charge in [-0.25, -0.2) is 34.1 Å². The lowest BCUT2D eigenvalue weighted by molar-refractivity contribution is 0.0717. The number of anilines is 2. The molecule has 0 radical (unpaired) electrons. The van der Waals surface area contributed by atoms with Crippen molar-refractivity contribution >= 4 is 17.5 Å². The third-order valence-electron chi connectivity index (χ3n) is 16.2. The Morgan fingerprint density at radius 1 is 0.645 bits per heavy atom. The zero-order valence-corrected chi connectivity index (χ0v) is 44.9. The number of likely N-dealkylation sites (tertiary alicyclic amines) is 1. The maximum absolute atomic E-state index is 12.9. The van der Waals surface area contributed by atoms with Crippen molar-refractivity contribution in [3.63, 3.8) is 0 Å². The van der Waals surface area contributed by atoms with Gasteiger partial charge in [-0.1, -0.05) is 30.3 Å². The van der Waals surface area contributed by atoms with E-state index >= 15 is 0 Å². The molecule has 3 aromatic carbocycles. The lowest BCUT2D eigenvalue weighted by Crippen LogP contribution is -2.56. The van der Waals surface area contributed by atoms with Gasteiger partial charge in [-0.3, -0.25) is 0 Å². The number of imidazole rings is 2. The normalized spacial score (nSPS) is 20.9. The molecule has 1 N–H and O–H groups in total. The summed E-state index contributed by atoms with van der Waals surface area (Å²) in [5, 5.41) is 12.7. The molecule has 7 aromatic rings. The van der Waals surface area contributed by atoms with Crippen molar-refractivity contribution in [1.82, 2.24) is 58.8 Å². The number of piperidine rings is 2. The average molecular weight is 1030 g/mol. The van der Waals surface area contributed by atoms with Crippen LogP contribution in [0.2, 0.25) is 0 Å². The van der Waals surface area contributed by atoms with Crippen molar-refractivity contribution in [1.29, 1.82) is 0 Å². The third-order valence-corrected chi connectivity index (χ3v) is 16.2. The molecule has 4 fully saturated rings. The van der Waals surface area contributed by atoms with Crippen LogP contribution in [0.1, 0.15) is 95.5 Å². The van der Waals surface area contributed by atoms with Crippen LogP contribution in [0.3, 0.4) is 0 Å². The van der Waals surface area contributed by atoms with Crippen LogP contribution in [0.25, 0.3) is 45.8 Å². The Bertz CT molecular complexity index is 3190. The third kappa shape index (κ3) is 9.80. The number of ether oxygens (including phenoxy) is 3. The first-order valence-corrected chi connectivity index (χ1v) is 27.8. The molecule has 2 unspecified atom stereocenters. The molecule has 0 bridgehead atoms. The number of rotatable bonds is 10. The van der Waals surface area contributed by atoms with Crippen LogP contribution in [0.15, 0.2) is 79.1 Å². The first-order valence-electron chi connectivity index (χ1n) is 27.8. The number of aromatic nitrogens is 10. The zero-order valence-electron chi connectivity index (χ0n) is 44.9. The Balaban J connectivity index is 0.000000159. The molecule has 6 aliphatic rings. The summed E-state index contributed by atoms with van der Waals surface area (Å²) in [5.41, 5.74) is 7.16. The van der Waals surface area contributed by atoms with E-state index in [4.69, 9.17) is 24.2 Å². The molecule has 18 heteroatoms. The molecular formula is C58H72N14O4. The maximum atomic E-state index is 12.9. The van der Waals surface area contributed by atoms with Gasteiger partial charge in [0.2, 0.25) is 0 Å². The number of fused-ring (bicyclic) bond motifs is 6. The molecule has 4 atom stereocenters. The topological polar surface area (TPSA) is 164 Å². The van der Waals surface area contributed by atoms with E-state index in [0.717, 1.165) is 151 Å². The number of nitrogens with zero attached hydrogens (tertiary/aromatic N) is 13. The number of hydrogen-bond donors (Lipinski definition) is 1. The smallest absolute Gasteiger partial charge is 0.410 e. The standard InChI is InChI=1S/C33H39N7O3.C25H33N7O/c1-22(2)40-32(34-23(3)36-40)28-20-37-16-17-42-30-18-26(11-12-27(30)31(37)35-28)39-15-13-29(39)25-10-7-14-38(19-25)33(41)43-21-24-8-5-4-6-9-24;1-16(2)32-25(27-17(3)29-32)21-15-30-11-12-33-23-13-19(6-7-20(23)24(30)28-21)31-10-8-22(31)18-5-4-9-26-14-18/h4-6,8-9,11-12,18,20,22,25,29H,7,10,13-17,19,21H2,1-3H3;6-7,13,15-16,18,22,26H,4-5,8-12,14H2,1-3H3/t25-,29?;18-,22?/m11/s1. The number of benzene rings is 3. The average Bonchev–Trinajstić information content (AvgIpc) is 4.22. The van der Waals surface area contributed by atoms with E-state index < -0.39 is 0 Å². The summed E-state index contributed by atoms with van der Waals surface area (Å²) in [7, 11) is 0. The second kappa shape index (κ2) is 21.1. The van der Waals surface area contributed by atoms with Crippen molar-refractivity contribution in [2.45, 2.75) is 124 Å². The highest BCUT2D eigenvalue weighted by molar-refractivity contribution is 5.74. The molecule has 0 aliphatic carbocycles. The van der Waals surface area contributed by atoms with E-state index in [0.29, 0.717) is 44.4 Å². The molecule has 6 aliphatic heterocycles. The minimum Gasteiger partial charge on any atom is -0.491 e. The van der Waals surface area contributed by atoms with Gasteiger partial charge in [0.15, 0.2) is 11.6 Å². The summed E-state index contributed by atoms with van der Waals surface area (Å²) >= 11 is 0. The van der Waals surface area contributed by atoms with Gasteiger partial charge in [0.25, 0.3) is 0 Å². The van der Waals surface area contributed by atoms with Crippen LogP contribution in [-0.2, 0) is 24.4 Å². The first kappa shape index (κ1) is 49.7. The fraction of sp³-hybridized carbons (Fsp3) is 0.500. The molecule has 18 nitrogen and oxygen atoms in total. The van der Waals surface area contributed by atoms with Gasteiger partial charge < -0.3 is 43.4 Å². The first-order chi connectivity index (χ1) is 37.0. The van der Waals surface area contributed by atoms with E-state index in [1.165, 1.54) is 24.9 Å². The summed E-state index contributed by atoms with van der Waals surface area (Å²) in [5.74, 6) is 7.91. The number of amides is 1. The largest absolute Gasteiger partial charge is 0.491 e. The predicted molar refractivity (Wildman–Crippen MR) is 293 cm³/mol. The van der Waals surface area contributed by atoms with Gasteiger partial charge in [-0.2, -0.15) is 10.2 Å². The van der Waals surface area contributed by atoms with E-state index in [1.54, 1.807) is 0 Å². The quantitative estimate of drug-likeness (QED) is 0.138. The Labute approximate surface area is 445 Å². The molecule has 0 spiro atoms. The molecule has 1 amide bonds. The Kier molecular flexibility index (Phi) is 13.8. The van der Waals surface area contributed by atoms with E-state index in [1.807, 2.05) is 58.4 Å². The van der Waals surface area contributed by atoms with Crippen LogP contribution < -0.4 is 24.6 Å². The lowest BCUT2D eigenvalue weighted by Gasteiger charge is -2.49. The second-order valence-corrected chi connectivity index (χ2v) is 22.0. The molecule has 4 aromatic heterocycles. The Morgan fingerprint density at radius 2 is 1.20 bits per heavy atom. The molecule has 4 saturated heterocycles. The van der Waals surface area contributed by atoms with Crippen molar-refractivity contribution in [3.05, 3.63) is 96.3 Å². The summed E-state index contributed by atoms with van der Waals surface area (Å²) in [4.78, 5) is 39.2. The molecule has 398 valence electrons. The highest BCUT2D eigenvalue weighted by atomic mass is 16.6. The monoisotopic (exact) mass is 1030 g/mol. The van der Waals surface area contributed by atoms with Gasteiger partial charge in [0.05, 0.1) is 24.2 Å². The van der Waals surface area contributed by atoms with Crippen LogP contribution in [0.4, 0.5) is 16.2 Å². The van der Waals surface area contributed by atoms with E-state index in [9.17, 15) is 4.79 Å². The number of aryl methyl sites for hydroxylation is 2. The molecule has 76 heavy (non-hydrogen) atoms. The molecular weight excluding hydrogens is 957 g/mol. The van der Waals surface area contributed by atoms with Crippen LogP contribution in [0.5, 0.6) is 11.5 Å². The highest BCUT2D eigenvalue weighted by Crippen LogP contribution is 2.43. The Hall–Kier alpha value is -7.21. The summed E-state index contributed by atoms with van der Waals surface area (Å²) in [6, 6.07) is 24.5. The predicted octanol–water partition coefficient (Wildman–Crippen LogP) is 9.39. The molecule has 13 rings (SSSR count). The van der Waals surface area contributed by atoms with Crippen molar-refractivity contribution < 1.29 is 19.0 Å². The van der Waals surface area contributed by atoms with E-state index in [-0.39, 0.29) is 18.2 Å². The van der Waals surface area contributed by atoms with Gasteiger partial charge in [0, 0.05) is 86.2 Å². The van der Waals surface area contributed by atoms with Crippen molar-refractivity contribution in [2.24, 2.45) is 11.8 Å². The number of carbonyl (C=O) groups is 1. The van der Waals surface area contributed by atoms with Crippen LogP contribution in [0, 0.1) is 25.7 Å². The molecule has 10 heterocycles. The van der Waals surface area contributed by atoms with E-state index in [2.05, 4.69) is 121 Å². The minimum absolute atomic E-state index is 0.191. The summed E-state index contributed by atoms with van der Waals surface area (Å²) < 4.78 is 26.4. The van der Waals surface area contributed by atoms with Gasteiger partial charge in [-0.15, -0.1) is 0 Å². The fourth-order valence-corrected chi connectivity index (χ4v) is 12.2. The minimum atomic E-state index is -0.213. The number of carbonyl (C=O) groups excluding carboxylic acids is 1. The van der Waals surface area contributed by atoms with Crippen LogP contribution in [-0.4, -0.2) is 124 Å². The zero-order chi connectivity index (χ0) is 52.0. The highest BCUT2D eigenvalue weighted by Gasteiger charge is 2.40. The summed E-state index contributed by atoms with van der Waals surface area (Å²) in [6.45, 7) is 21.2. The van der Waals surface area contributed by atoms with Crippen molar-refractivity contribution in [2.75, 3.05) is 62.3 Å². The van der Waals surface area contributed by atoms with Gasteiger partial charge >= 0.3 is 6.09 Å². The van der Waals surface area contributed by atoms with Crippen molar-refractivity contribution in [3.8, 4) is 57.3 Å². The Morgan fingerprint density at radius 3 is 1.71 bits per heavy atom. The fourth-order valence-electron chi connectivity index (χ4n) is 12.2. The van der Waals surface area contributed by atoms with Gasteiger partial charge in [0.1, 0.15) is 66.0 Å². The number of hydrogen-bond acceptors (Lipinski definition) is 13. The molecule has 0 saturated carbocycles. The summed E-state index contributed by atoms with van der Waals surface area (Å²) in [6.07, 6.45) is 11.1. The van der Waals surface area contributed by atoms with Gasteiger partial charge in [-0.05, 0) is 135 Å². The lowest BCUT2D eigenvalue weighted by atomic mass is 9.83. The maximum Gasteiger partial charge on any atom is 0.410 e. The van der Waals surface area contributed by atoms with Crippen LogP contribution >= 0.6 is 0 Å².